The summed E-state index contributed by atoms with van der Waals surface area (Å²) in [5.41, 5.74) is 0. The monoisotopic (exact) mass is 202 g/mol. The van der Waals surface area contributed by atoms with Gasteiger partial charge in [-0.1, -0.05) is 6.07 Å². The SMILES string of the molecule is O=S(=O)([S-])c1cccs1.[Na+]. The van der Waals surface area contributed by atoms with Crippen molar-refractivity contribution < 1.29 is 38.0 Å². The van der Waals surface area contributed by atoms with Gasteiger partial charge in [-0.3, -0.25) is 0 Å². The molecule has 50 valence electrons. The predicted molar refractivity (Wildman–Crippen MR) is 38.9 cm³/mol. The third kappa shape index (κ3) is 2.94. The molecule has 1 rings (SSSR count). The minimum absolute atomic E-state index is 0. The minimum Gasteiger partial charge on any atom is -0.643 e. The summed E-state index contributed by atoms with van der Waals surface area (Å²) in [6, 6.07) is 3.15. The Kier molecular flexibility index (Phi) is 4.55. The van der Waals surface area contributed by atoms with E-state index in [2.05, 4.69) is 11.7 Å². The van der Waals surface area contributed by atoms with Crippen LogP contribution in [0.4, 0.5) is 0 Å². The van der Waals surface area contributed by atoms with Gasteiger partial charge in [0.25, 0.3) is 0 Å². The van der Waals surface area contributed by atoms with Crippen molar-refractivity contribution in [2.75, 3.05) is 0 Å². The van der Waals surface area contributed by atoms with Gasteiger partial charge >= 0.3 is 29.6 Å². The van der Waals surface area contributed by atoms with Gasteiger partial charge in [0.2, 0.25) is 0 Å². The van der Waals surface area contributed by atoms with E-state index >= 15 is 0 Å². The summed E-state index contributed by atoms with van der Waals surface area (Å²) in [6.45, 7) is 0. The number of hydrogen-bond donors (Lipinski definition) is 0. The number of rotatable bonds is 1. The van der Waals surface area contributed by atoms with Gasteiger partial charge < -0.3 is 11.7 Å². The van der Waals surface area contributed by atoms with Gasteiger partial charge in [-0.15, -0.1) is 11.3 Å². The van der Waals surface area contributed by atoms with Crippen LogP contribution in [0.2, 0.25) is 0 Å². The topological polar surface area (TPSA) is 34.1 Å². The molecule has 0 saturated carbocycles. The molecule has 0 aliphatic carbocycles. The molecule has 0 saturated heterocycles. The van der Waals surface area contributed by atoms with Gasteiger partial charge in [0.1, 0.15) is 0 Å². The van der Waals surface area contributed by atoms with Crippen LogP contribution in [0, 0.1) is 0 Å². The van der Waals surface area contributed by atoms with Crippen LogP contribution in [0.1, 0.15) is 0 Å². The third-order valence-electron chi connectivity index (χ3n) is 0.741. The zero-order valence-electron chi connectivity index (χ0n) is 5.27. The fourth-order valence-corrected chi connectivity index (χ4v) is 2.26. The molecule has 10 heavy (non-hydrogen) atoms. The average Bonchev–Trinajstić information content (AvgIpc) is 2.08. The Morgan fingerprint density at radius 1 is 1.50 bits per heavy atom. The van der Waals surface area contributed by atoms with E-state index in [1.807, 2.05) is 0 Å². The van der Waals surface area contributed by atoms with Crippen LogP contribution in [-0.2, 0) is 20.5 Å². The molecule has 0 aromatic carbocycles. The van der Waals surface area contributed by atoms with Crippen LogP contribution >= 0.6 is 11.3 Å². The molecule has 1 aromatic rings. The molecule has 1 aromatic heterocycles. The molecular formula is C4H3NaO2S3. The van der Waals surface area contributed by atoms with Crippen molar-refractivity contribution in [1.82, 2.24) is 0 Å². The fraction of sp³-hybridized carbons (Fsp3) is 0. The van der Waals surface area contributed by atoms with Gasteiger partial charge in [-0.25, -0.2) is 8.42 Å². The molecule has 0 bridgehead atoms. The summed E-state index contributed by atoms with van der Waals surface area (Å²) in [5, 5.41) is 1.68. The van der Waals surface area contributed by atoms with Crippen molar-refractivity contribution in [2.45, 2.75) is 4.21 Å². The van der Waals surface area contributed by atoms with Gasteiger partial charge in [0.05, 0.1) is 13.1 Å². The van der Waals surface area contributed by atoms with Crippen molar-refractivity contribution in [3.63, 3.8) is 0 Å². The second-order valence-corrected chi connectivity index (χ2v) is 5.26. The van der Waals surface area contributed by atoms with Crippen molar-refractivity contribution in [1.29, 1.82) is 0 Å². The Morgan fingerprint density at radius 2 is 2.10 bits per heavy atom. The maximum Gasteiger partial charge on any atom is 1.00 e. The van der Waals surface area contributed by atoms with E-state index in [1.54, 1.807) is 11.4 Å². The summed E-state index contributed by atoms with van der Waals surface area (Å²) >= 11 is 5.33. The van der Waals surface area contributed by atoms with E-state index in [0.717, 1.165) is 11.3 Å². The molecule has 2 nitrogen and oxygen atoms in total. The Labute approximate surface area is 90.7 Å². The summed E-state index contributed by atoms with van der Waals surface area (Å²) in [4.78, 5) is 0. The molecule has 0 atom stereocenters. The molecular weight excluding hydrogens is 199 g/mol. The van der Waals surface area contributed by atoms with Crippen molar-refractivity contribution in [3.05, 3.63) is 17.5 Å². The van der Waals surface area contributed by atoms with Crippen LogP contribution < -0.4 is 29.6 Å². The summed E-state index contributed by atoms with van der Waals surface area (Å²) in [5.74, 6) is 0. The first-order valence-corrected chi connectivity index (χ1v) is 5.39. The largest absolute Gasteiger partial charge is 1.00 e. The Balaban J connectivity index is 0.000000810. The van der Waals surface area contributed by atoms with Crippen LogP contribution in [-0.4, -0.2) is 8.42 Å². The van der Waals surface area contributed by atoms with E-state index in [-0.39, 0.29) is 33.8 Å². The first-order valence-electron chi connectivity index (χ1n) is 2.10. The molecule has 1 heterocycles. The molecule has 0 aliphatic heterocycles. The normalized spacial score (nSPS) is 10.5. The van der Waals surface area contributed by atoms with Crippen molar-refractivity contribution in [2.24, 2.45) is 0 Å². The number of thiophene rings is 1. The van der Waals surface area contributed by atoms with Gasteiger partial charge in [-0.2, -0.15) is 0 Å². The minimum atomic E-state index is -3.36. The van der Waals surface area contributed by atoms with Crippen molar-refractivity contribution >= 4 is 31.9 Å². The molecule has 0 N–H and O–H groups in total. The van der Waals surface area contributed by atoms with E-state index in [1.165, 1.54) is 6.07 Å². The Hall–Kier alpha value is 1.000. The average molecular weight is 202 g/mol. The van der Waals surface area contributed by atoms with E-state index in [9.17, 15) is 8.42 Å². The molecule has 0 fully saturated rings. The summed E-state index contributed by atoms with van der Waals surface area (Å²) in [7, 11) is -3.36. The first kappa shape index (κ1) is 11.0. The van der Waals surface area contributed by atoms with Gasteiger partial charge in [0, 0.05) is 0 Å². The van der Waals surface area contributed by atoms with Gasteiger partial charge in [0.15, 0.2) is 0 Å². The zero-order chi connectivity index (χ0) is 6.91. The zero-order valence-corrected chi connectivity index (χ0v) is 9.72. The van der Waals surface area contributed by atoms with Crippen LogP contribution in [0.3, 0.4) is 0 Å². The molecule has 0 spiro atoms. The quantitative estimate of drug-likeness (QED) is 0.300. The predicted octanol–water partition coefficient (Wildman–Crippen LogP) is -2.01. The maximum atomic E-state index is 10.5. The third-order valence-corrected chi connectivity index (χ3v) is 3.83. The van der Waals surface area contributed by atoms with Gasteiger partial charge in [-0.05, 0) is 11.4 Å². The van der Waals surface area contributed by atoms with Crippen LogP contribution in [0.15, 0.2) is 21.7 Å². The summed E-state index contributed by atoms with van der Waals surface area (Å²) < 4.78 is 21.3. The number of hydrogen-bond acceptors (Lipinski definition) is 4. The molecule has 0 aliphatic rings. The summed E-state index contributed by atoms with van der Waals surface area (Å²) in [6.07, 6.45) is 0. The fourth-order valence-electron chi connectivity index (χ4n) is 0.406. The second kappa shape index (κ2) is 4.13. The molecule has 6 heteroatoms. The van der Waals surface area contributed by atoms with Crippen LogP contribution in [0.5, 0.6) is 0 Å². The molecule has 0 amide bonds. The van der Waals surface area contributed by atoms with Crippen LogP contribution in [0.25, 0.3) is 0 Å². The second-order valence-electron chi connectivity index (χ2n) is 1.39. The Bertz CT molecular complexity index is 275. The van der Waals surface area contributed by atoms with Crippen molar-refractivity contribution in [3.8, 4) is 0 Å². The molecule has 0 unspecified atom stereocenters. The van der Waals surface area contributed by atoms with E-state index in [0.29, 0.717) is 0 Å². The van der Waals surface area contributed by atoms with E-state index in [4.69, 9.17) is 0 Å². The smallest absolute Gasteiger partial charge is 0.643 e. The van der Waals surface area contributed by atoms with E-state index < -0.39 is 8.87 Å². The maximum absolute atomic E-state index is 10.5. The molecule has 0 radical (unpaired) electrons. The first-order chi connectivity index (χ1) is 4.11. The standard InChI is InChI=1S/C4H4O2S3.Na/c5-9(6,7)4-2-1-3-8-4;/h1-3H,(H,5,6,7);/q;+1/p-1. The Morgan fingerprint density at radius 3 is 2.30 bits per heavy atom.